The fourth-order valence-corrected chi connectivity index (χ4v) is 2.48. The maximum atomic E-state index is 4.67. The monoisotopic (exact) mass is 319 g/mol. The molecule has 0 aliphatic heterocycles. The number of hydrogen-bond acceptors (Lipinski definition) is 4. The maximum Gasteiger partial charge on any atom is 0.164 e. The van der Waals surface area contributed by atoms with E-state index in [1.165, 1.54) is 0 Å². The van der Waals surface area contributed by atoms with Gasteiger partial charge in [-0.15, -0.1) is 0 Å². The lowest BCUT2D eigenvalue weighted by Gasteiger charge is -2.02. The summed E-state index contributed by atoms with van der Waals surface area (Å²) < 4.78 is 1.81. The lowest BCUT2D eigenvalue weighted by atomic mass is 10.2. The van der Waals surface area contributed by atoms with Gasteiger partial charge < -0.3 is 0 Å². The Bertz CT molecular complexity index is 962. The van der Waals surface area contributed by atoms with Crippen LogP contribution in [0.1, 0.15) is 33.0 Å². The first-order valence-electron chi connectivity index (χ1n) is 8.04. The minimum absolute atomic E-state index is 0.751. The Morgan fingerprint density at radius 3 is 2.96 bits per heavy atom. The second-order valence-electron chi connectivity index (χ2n) is 5.81. The van der Waals surface area contributed by atoms with Gasteiger partial charge in [0.05, 0.1) is 11.2 Å². The molecular weight excluding hydrogens is 298 g/mol. The van der Waals surface area contributed by atoms with Crippen molar-refractivity contribution >= 4 is 22.3 Å². The molecule has 24 heavy (non-hydrogen) atoms. The summed E-state index contributed by atoms with van der Waals surface area (Å²) in [6, 6.07) is 5.90. The van der Waals surface area contributed by atoms with Crippen molar-refractivity contribution in [2.45, 2.75) is 33.6 Å². The lowest BCUT2D eigenvalue weighted by Crippen LogP contribution is -1.98. The summed E-state index contributed by atoms with van der Waals surface area (Å²) in [7, 11) is 0. The Kier molecular flexibility index (Phi) is 4.51. The van der Waals surface area contributed by atoms with Crippen molar-refractivity contribution in [3.8, 4) is 0 Å². The van der Waals surface area contributed by atoms with E-state index in [-0.39, 0.29) is 0 Å². The number of aromatic nitrogens is 4. The number of allylic oxidation sites excluding steroid dienone is 2. The molecule has 0 saturated heterocycles. The van der Waals surface area contributed by atoms with E-state index < -0.39 is 0 Å². The van der Waals surface area contributed by atoms with Gasteiger partial charge in [-0.2, -0.15) is 5.10 Å². The fraction of sp³-hybridized carbons (Fsp3) is 0.263. The average molecular weight is 319 g/mol. The van der Waals surface area contributed by atoms with Gasteiger partial charge in [0, 0.05) is 29.9 Å². The number of nitrogens with zero attached hydrogens (tertiary/aromatic N) is 5. The minimum Gasteiger partial charge on any atom is -0.258 e. The SMILES string of the molecule is C=C(N=C(C)CCc1nc2c3cccnc3ccn2n1)/C(C)=C\C. The van der Waals surface area contributed by atoms with E-state index in [9.17, 15) is 0 Å². The normalized spacial score (nSPS) is 13.0. The van der Waals surface area contributed by atoms with E-state index in [0.29, 0.717) is 0 Å². The van der Waals surface area contributed by atoms with Crippen LogP contribution in [0.25, 0.3) is 16.6 Å². The first kappa shape index (κ1) is 16.1. The summed E-state index contributed by atoms with van der Waals surface area (Å²) in [5.74, 6) is 0.814. The van der Waals surface area contributed by atoms with Crippen molar-refractivity contribution in [3.05, 3.63) is 60.3 Å². The van der Waals surface area contributed by atoms with Crippen LogP contribution in [0.2, 0.25) is 0 Å². The first-order valence-corrected chi connectivity index (χ1v) is 8.04. The molecule has 3 rings (SSSR count). The van der Waals surface area contributed by atoms with Crippen molar-refractivity contribution in [2.75, 3.05) is 0 Å². The van der Waals surface area contributed by atoms with Gasteiger partial charge >= 0.3 is 0 Å². The Labute approximate surface area is 141 Å². The molecule has 5 nitrogen and oxygen atoms in total. The number of fused-ring (bicyclic) bond motifs is 3. The zero-order valence-corrected chi connectivity index (χ0v) is 14.3. The third-order valence-corrected chi connectivity index (χ3v) is 4.05. The molecule has 0 unspecified atom stereocenters. The van der Waals surface area contributed by atoms with Crippen molar-refractivity contribution in [2.24, 2.45) is 4.99 Å². The van der Waals surface area contributed by atoms with Gasteiger partial charge in [0.25, 0.3) is 0 Å². The Morgan fingerprint density at radius 1 is 1.33 bits per heavy atom. The zero-order valence-electron chi connectivity index (χ0n) is 14.3. The highest BCUT2D eigenvalue weighted by molar-refractivity contribution is 5.90. The minimum atomic E-state index is 0.751. The molecule has 3 aromatic rings. The predicted molar refractivity (Wildman–Crippen MR) is 98.3 cm³/mol. The lowest BCUT2D eigenvalue weighted by molar-refractivity contribution is 0.861. The van der Waals surface area contributed by atoms with Crippen LogP contribution in [0.4, 0.5) is 0 Å². The molecule has 122 valence electrons. The molecule has 0 fully saturated rings. The van der Waals surface area contributed by atoms with Crippen LogP contribution >= 0.6 is 0 Å². The number of pyridine rings is 2. The van der Waals surface area contributed by atoms with Crippen LogP contribution in [0.3, 0.4) is 0 Å². The third kappa shape index (κ3) is 3.25. The molecule has 0 atom stereocenters. The van der Waals surface area contributed by atoms with Gasteiger partial charge in [-0.3, -0.25) is 9.98 Å². The summed E-state index contributed by atoms with van der Waals surface area (Å²) >= 11 is 0. The maximum absolute atomic E-state index is 4.67. The third-order valence-electron chi connectivity index (χ3n) is 4.05. The molecule has 0 saturated carbocycles. The van der Waals surface area contributed by atoms with Crippen molar-refractivity contribution in [1.82, 2.24) is 19.6 Å². The standard InChI is InChI=1S/C19H21N5/c1-5-13(2)15(4)21-14(3)8-9-18-22-19-16-7-6-11-20-17(16)10-12-24(19)23-18/h5-7,10-12H,4,8-9H2,1-3H3/b13-5-,21-14?. The number of hydrogen-bond donors (Lipinski definition) is 0. The van der Waals surface area contributed by atoms with E-state index in [1.54, 1.807) is 6.20 Å². The van der Waals surface area contributed by atoms with Gasteiger partial charge in [0.1, 0.15) is 0 Å². The highest BCUT2D eigenvalue weighted by Gasteiger charge is 2.08. The van der Waals surface area contributed by atoms with Crippen LogP contribution < -0.4 is 0 Å². The summed E-state index contributed by atoms with van der Waals surface area (Å²) in [5.41, 5.74) is 4.72. The molecule has 0 radical (unpaired) electrons. The van der Waals surface area contributed by atoms with E-state index >= 15 is 0 Å². The molecule has 0 aliphatic carbocycles. The molecule has 3 aromatic heterocycles. The molecule has 0 amide bonds. The van der Waals surface area contributed by atoms with Crippen LogP contribution in [-0.4, -0.2) is 25.3 Å². The quantitative estimate of drug-likeness (QED) is 0.524. The predicted octanol–water partition coefficient (Wildman–Crippen LogP) is 4.15. The van der Waals surface area contributed by atoms with Gasteiger partial charge in [-0.05, 0) is 51.0 Å². The largest absolute Gasteiger partial charge is 0.258 e. The molecule has 0 bridgehead atoms. The summed E-state index contributed by atoms with van der Waals surface area (Å²) in [6.07, 6.45) is 7.26. The molecule has 0 aliphatic rings. The highest BCUT2D eigenvalue weighted by atomic mass is 15.3. The van der Waals surface area contributed by atoms with Gasteiger partial charge in [0.2, 0.25) is 0 Å². The molecule has 0 aromatic carbocycles. The second-order valence-corrected chi connectivity index (χ2v) is 5.81. The molecule has 0 spiro atoms. The van der Waals surface area contributed by atoms with Gasteiger partial charge in [-0.25, -0.2) is 9.50 Å². The number of rotatable bonds is 5. The molecule has 0 N–H and O–H groups in total. The van der Waals surface area contributed by atoms with Gasteiger partial charge in [0.15, 0.2) is 11.5 Å². The van der Waals surface area contributed by atoms with Crippen LogP contribution in [0, 0.1) is 0 Å². The molecular formula is C19H21N5. The first-order chi connectivity index (χ1) is 11.6. The number of aliphatic imine (C=N–C) groups is 1. The van der Waals surface area contributed by atoms with Crippen LogP contribution in [-0.2, 0) is 6.42 Å². The van der Waals surface area contributed by atoms with Crippen molar-refractivity contribution in [3.63, 3.8) is 0 Å². The zero-order chi connectivity index (χ0) is 17.1. The van der Waals surface area contributed by atoms with E-state index in [1.807, 2.05) is 55.8 Å². The fourth-order valence-electron chi connectivity index (χ4n) is 2.48. The van der Waals surface area contributed by atoms with E-state index in [2.05, 4.69) is 26.6 Å². The van der Waals surface area contributed by atoms with Gasteiger partial charge in [-0.1, -0.05) is 12.7 Å². The Balaban J connectivity index is 1.80. The average Bonchev–Trinajstić information content (AvgIpc) is 3.02. The Morgan fingerprint density at radius 2 is 2.17 bits per heavy atom. The smallest absolute Gasteiger partial charge is 0.164 e. The summed E-state index contributed by atoms with van der Waals surface area (Å²) in [6.45, 7) is 10.0. The molecule has 5 heteroatoms. The van der Waals surface area contributed by atoms with Crippen LogP contribution in [0.15, 0.2) is 59.5 Å². The topological polar surface area (TPSA) is 55.4 Å². The summed E-state index contributed by atoms with van der Waals surface area (Å²) in [5, 5.41) is 5.57. The number of aryl methyl sites for hydroxylation is 1. The molecule has 3 heterocycles. The van der Waals surface area contributed by atoms with Crippen LogP contribution in [0.5, 0.6) is 0 Å². The Hall–Kier alpha value is -2.82. The highest BCUT2D eigenvalue weighted by Crippen LogP contribution is 2.16. The van der Waals surface area contributed by atoms with E-state index in [0.717, 1.165) is 52.2 Å². The van der Waals surface area contributed by atoms with Crippen molar-refractivity contribution in [1.29, 1.82) is 0 Å². The van der Waals surface area contributed by atoms with Crippen molar-refractivity contribution < 1.29 is 0 Å². The van der Waals surface area contributed by atoms with E-state index in [4.69, 9.17) is 0 Å². The second kappa shape index (κ2) is 6.74. The summed E-state index contributed by atoms with van der Waals surface area (Å²) in [4.78, 5) is 13.6.